The lowest BCUT2D eigenvalue weighted by Crippen LogP contribution is -1.91. The van der Waals surface area contributed by atoms with Crippen LogP contribution in [-0.4, -0.2) is 10.1 Å². The van der Waals surface area contributed by atoms with Crippen LogP contribution < -0.4 is 5.73 Å². The van der Waals surface area contributed by atoms with Crippen LogP contribution in [0.5, 0.6) is 0 Å². The fourth-order valence-electron chi connectivity index (χ4n) is 2.17. The second kappa shape index (κ2) is 5.39. The molecular formula is C15H11Cl2N3O. The van der Waals surface area contributed by atoms with E-state index in [1.54, 1.807) is 24.4 Å². The maximum Gasteiger partial charge on any atom is 0.230 e. The van der Waals surface area contributed by atoms with Crippen molar-refractivity contribution in [3.05, 3.63) is 52.3 Å². The summed E-state index contributed by atoms with van der Waals surface area (Å²) in [5.41, 5.74) is 9.58. The highest BCUT2D eigenvalue weighted by Gasteiger charge is 2.21. The maximum atomic E-state index is 6.27. The first-order valence-electron chi connectivity index (χ1n) is 6.20. The number of aromatic nitrogens is 2. The number of halogens is 2. The first kappa shape index (κ1) is 13.9. The van der Waals surface area contributed by atoms with E-state index in [1.807, 2.05) is 19.1 Å². The Morgan fingerprint density at radius 1 is 1.14 bits per heavy atom. The van der Waals surface area contributed by atoms with E-state index in [9.17, 15) is 0 Å². The van der Waals surface area contributed by atoms with Crippen molar-refractivity contribution >= 4 is 29.1 Å². The van der Waals surface area contributed by atoms with Gasteiger partial charge in [0.1, 0.15) is 5.69 Å². The number of anilines is 1. The zero-order chi connectivity index (χ0) is 15.0. The molecular weight excluding hydrogens is 309 g/mol. The van der Waals surface area contributed by atoms with Crippen LogP contribution in [0.15, 0.2) is 41.1 Å². The predicted molar refractivity (Wildman–Crippen MR) is 84.3 cm³/mol. The summed E-state index contributed by atoms with van der Waals surface area (Å²) in [7, 11) is 0. The molecule has 0 saturated heterocycles. The number of hydrogen-bond acceptors (Lipinski definition) is 4. The van der Waals surface area contributed by atoms with Crippen molar-refractivity contribution < 1.29 is 4.52 Å². The number of aryl methyl sites for hydroxylation is 1. The van der Waals surface area contributed by atoms with Gasteiger partial charge in [-0.05, 0) is 31.2 Å². The van der Waals surface area contributed by atoms with Crippen LogP contribution in [0.2, 0.25) is 10.0 Å². The summed E-state index contributed by atoms with van der Waals surface area (Å²) in [6.07, 6.45) is 1.72. The Bertz CT molecular complexity index is 814. The van der Waals surface area contributed by atoms with Crippen LogP contribution in [0.3, 0.4) is 0 Å². The highest BCUT2D eigenvalue weighted by molar-refractivity contribution is 6.36. The number of rotatable bonds is 2. The van der Waals surface area contributed by atoms with Crippen molar-refractivity contribution in [3.63, 3.8) is 0 Å². The minimum atomic E-state index is 0.206. The molecule has 3 aromatic rings. The molecule has 0 aliphatic rings. The number of pyridine rings is 1. The van der Waals surface area contributed by atoms with Crippen LogP contribution in [0.4, 0.5) is 5.88 Å². The molecule has 0 atom stereocenters. The Morgan fingerprint density at radius 2 is 1.95 bits per heavy atom. The molecule has 21 heavy (non-hydrogen) atoms. The van der Waals surface area contributed by atoms with E-state index in [4.69, 9.17) is 33.5 Å². The molecule has 0 unspecified atom stereocenters. The van der Waals surface area contributed by atoms with E-state index in [2.05, 4.69) is 10.1 Å². The highest BCUT2D eigenvalue weighted by Crippen LogP contribution is 2.40. The number of nitrogens with zero attached hydrogens (tertiary/aromatic N) is 2. The molecule has 0 aliphatic carbocycles. The maximum absolute atomic E-state index is 6.27. The molecule has 0 radical (unpaired) electrons. The lowest BCUT2D eigenvalue weighted by atomic mass is 10.0. The molecule has 2 heterocycles. The fraction of sp³-hybridized carbons (Fsp3) is 0.0667. The van der Waals surface area contributed by atoms with Crippen LogP contribution in [-0.2, 0) is 0 Å². The summed E-state index contributed by atoms with van der Waals surface area (Å²) in [5, 5.41) is 5.09. The summed E-state index contributed by atoms with van der Waals surface area (Å²) in [6.45, 7) is 1.90. The third-order valence-electron chi connectivity index (χ3n) is 3.18. The van der Waals surface area contributed by atoms with E-state index in [0.717, 1.165) is 16.8 Å². The van der Waals surface area contributed by atoms with Crippen molar-refractivity contribution in [2.45, 2.75) is 6.92 Å². The molecule has 1 aromatic carbocycles. The van der Waals surface area contributed by atoms with Crippen molar-refractivity contribution in [1.29, 1.82) is 0 Å². The van der Waals surface area contributed by atoms with Gasteiger partial charge < -0.3 is 10.3 Å². The first-order valence-corrected chi connectivity index (χ1v) is 6.96. The molecule has 6 heteroatoms. The summed E-state index contributed by atoms with van der Waals surface area (Å²) >= 11 is 12.2. The quantitative estimate of drug-likeness (QED) is 0.749. The van der Waals surface area contributed by atoms with Crippen molar-refractivity contribution in [3.8, 4) is 22.4 Å². The minimum absolute atomic E-state index is 0.206. The highest BCUT2D eigenvalue weighted by atomic mass is 35.5. The largest absolute Gasteiger partial charge is 0.367 e. The van der Waals surface area contributed by atoms with Crippen LogP contribution in [0.1, 0.15) is 5.69 Å². The number of hydrogen-bond donors (Lipinski definition) is 1. The molecule has 0 aliphatic heterocycles. The van der Waals surface area contributed by atoms with Gasteiger partial charge in [-0.25, -0.2) is 0 Å². The number of nitrogens with two attached hydrogens (primary N) is 1. The SMILES string of the molecule is Cc1ncccc1-c1noc(N)c1-c1ccc(Cl)cc1Cl. The van der Waals surface area contributed by atoms with Gasteiger partial charge in [0, 0.05) is 28.0 Å². The van der Waals surface area contributed by atoms with Gasteiger partial charge >= 0.3 is 0 Å². The fourth-order valence-corrected chi connectivity index (χ4v) is 2.68. The molecule has 2 aromatic heterocycles. The summed E-state index contributed by atoms with van der Waals surface area (Å²) in [5.74, 6) is 0.206. The van der Waals surface area contributed by atoms with Gasteiger partial charge in [0.2, 0.25) is 5.88 Å². The normalized spacial score (nSPS) is 10.8. The van der Waals surface area contributed by atoms with Crippen molar-refractivity contribution in [1.82, 2.24) is 10.1 Å². The van der Waals surface area contributed by atoms with Crippen molar-refractivity contribution in [2.24, 2.45) is 0 Å². The molecule has 2 N–H and O–H groups in total. The molecule has 0 saturated carbocycles. The number of benzene rings is 1. The summed E-state index contributed by atoms with van der Waals surface area (Å²) in [6, 6.07) is 8.94. The lowest BCUT2D eigenvalue weighted by molar-refractivity contribution is 0.439. The molecule has 3 rings (SSSR count). The van der Waals surface area contributed by atoms with Crippen LogP contribution in [0.25, 0.3) is 22.4 Å². The van der Waals surface area contributed by atoms with E-state index in [1.165, 1.54) is 0 Å². The van der Waals surface area contributed by atoms with Gasteiger partial charge in [-0.3, -0.25) is 4.98 Å². The van der Waals surface area contributed by atoms with E-state index >= 15 is 0 Å². The summed E-state index contributed by atoms with van der Waals surface area (Å²) in [4.78, 5) is 4.26. The molecule has 4 nitrogen and oxygen atoms in total. The smallest absolute Gasteiger partial charge is 0.230 e. The Hall–Kier alpha value is -2.04. The predicted octanol–water partition coefficient (Wildman–Crippen LogP) is 4.60. The third kappa shape index (κ3) is 2.48. The van der Waals surface area contributed by atoms with Gasteiger partial charge in [-0.15, -0.1) is 0 Å². The Morgan fingerprint density at radius 3 is 2.67 bits per heavy atom. The third-order valence-corrected chi connectivity index (χ3v) is 3.73. The molecule has 0 fully saturated rings. The Labute approximate surface area is 131 Å². The number of nitrogen functional groups attached to an aromatic ring is 1. The average Bonchev–Trinajstić information content (AvgIpc) is 2.81. The van der Waals surface area contributed by atoms with Crippen LogP contribution >= 0.6 is 23.2 Å². The van der Waals surface area contributed by atoms with Gasteiger partial charge in [-0.2, -0.15) is 0 Å². The Balaban J connectivity index is 2.25. The van der Waals surface area contributed by atoms with E-state index in [0.29, 0.717) is 21.3 Å². The zero-order valence-electron chi connectivity index (χ0n) is 11.1. The van der Waals surface area contributed by atoms with Crippen molar-refractivity contribution in [2.75, 3.05) is 5.73 Å². The zero-order valence-corrected chi connectivity index (χ0v) is 12.6. The molecule has 106 valence electrons. The standard InChI is InChI=1S/C15H11Cl2N3O/c1-8-10(3-2-6-19-8)14-13(15(18)21-20-14)11-5-4-9(16)7-12(11)17/h2-7H,18H2,1H3. The second-order valence-corrected chi connectivity index (χ2v) is 5.37. The van der Waals surface area contributed by atoms with E-state index < -0.39 is 0 Å². The molecule has 0 amide bonds. The topological polar surface area (TPSA) is 64.9 Å². The van der Waals surface area contributed by atoms with Gasteiger partial charge in [0.25, 0.3) is 0 Å². The minimum Gasteiger partial charge on any atom is -0.367 e. The molecule has 0 bridgehead atoms. The van der Waals surface area contributed by atoms with Gasteiger partial charge in [0.05, 0.1) is 10.6 Å². The van der Waals surface area contributed by atoms with E-state index in [-0.39, 0.29) is 5.88 Å². The van der Waals surface area contributed by atoms with Crippen LogP contribution in [0, 0.1) is 6.92 Å². The lowest BCUT2D eigenvalue weighted by Gasteiger charge is -2.07. The average molecular weight is 320 g/mol. The second-order valence-electron chi connectivity index (χ2n) is 4.53. The first-order chi connectivity index (χ1) is 10.1. The summed E-state index contributed by atoms with van der Waals surface area (Å²) < 4.78 is 5.15. The molecule has 0 spiro atoms. The van der Waals surface area contributed by atoms with Gasteiger partial charge in [-0.1, -0.05) is 34.4 Å². The Kier molecular flexibility index (Phi) is 3.57. The monoisotopic (exact) mass is 319 g/mol. The van der Waals surface area contributed by atoms with Gasteiger partial charge in [0.15, 0.2) is 0 Å².